The van der Waals surface area contributed by atoms with Crippen LogP contribution < -0.4 is 0 Å². The van der Waals surface area contributed by atoms with Crippen molar-refractivity contribution in [1.29, 1.82) is 0 Å². The molecule has 0 aliphatic heterocycles. The molecule has 2 aliphatic rings. The zero-order valence-corrected chi connectivity index (χ0v) is 16.6. The lowest BCUT2D eigenvalue weighted by molar-refractivity contribution is -0.166. The average Bonchev–Trinajstić information content (AvgIpc) is 2.87. The highest BCUT2D eigenvalue weighted by Crippen LogP contribution is 2.66. The molecular weight excluding hydrogens is 304 g/mol. The van der Waals surface area contributed by atoms with Gasteiger partial charge in [0.1, 0.15) is 6.10 Å². The van der Waals surface area contributed by atoms with Crippen molar-refractivity contribution in [2.45, 2.75) is 79.1 Å². The van der Waals surface area contributed by atoms with Crippen LogP contribution in [0.25, 0.3) is 0 Å². The van der Waals surface area contributed by atoms with Gasteiger partial charge < -0.3 is 14.2 Å². The Bertz CT molecular complexity index is 443. The number of carbonyl (C=O) groups excluding carboxylic acids is 1. The van der Waals surface area contributed by atoms with Crippen LogP contribution >= 0.6 is 0 Å². The van der Waals surface area contributed by atoms with Crippen LogP contribution in [0.4, 0.5) is 0 Å². The minimum atomic E-state index is -0.272. The van der Waals surface area contributed by atoms with Gasteiger partial charge >= 0.3 is 5.97 Å². The monoisotopic (exact) mass is 340 g/mol. The van der Waals surface area contributed by atoms with Crippen molar-refractivity contribution in [3.8, 4) is 0 Å². The summed E-state index contributed by atoms with van der Waals surface area (Å²) in [7, 11) is 3.28. The minimum Gasteiger partial charge on any atom is -0.462 e. The highest BCUT2D eigenvalue weighted by atomic mass is 16.7. The summed E-state index contributed by atoms with van der Waals surface area (Å²) >= 11 is 0. The van der Waals surface area contributed by atoms with Gasteiger partial charge in [-0.3, -0.25) is 4.79 Å². The van der Waals surface area contributed by atoms with E-state index in [1.807, 2.05) is 0 Å². The molecule has 2 aliphatic carbocycles. The summed E-state index contributed by atoms with van der Waals surface area (Å²) in [5.41, 5.74) is 0.392. The van der Waals surface area contributed by atoms with Crippen molar-refractivity contribution in [3.63, 3.8) is 0 Å². The number of rotatable bonds is 8. The van der Waals surface area contributed by atoms with E-state index in [1.165, 1.54) is 12.8 Å². The summed E-state index contributed by atoms with van der Waals surface area (Å²) in [6.45, 7) is 11.1. The molecule has 24 heavy (non-hydrogen) atoms. The third-order valence-corrected chi connectivity index (χ3v) is 7.38. The molecule has 2 rings (SSSR count). The lowest BCUT2D eigenvalue weighted by Gasteiger charge is -2.39. The molecule has 4 heteroatoms. The van der Waals surface area contributed by atoms with Gasteiger partial charge in [0, 0.05) is 25.6 Å². The second-order valence-electron chi connectivity index (χ2n) is 8.69. The van der Waals surface area contributed by atoms with Gasteiger partial charge in [-0.15, -0.1) is 0 Å². The number of methoxy groups -OCH3 is 2. The molecule has 0 spiro atoms. The molecule has 4 nitrogen and oxygen atoms in total. The lowest BCUT2D eigenvalue weighted by atomic mass is 9.70. The molecule has 0 aromatic rings. The van der Waals surface area contributed by atoms with Crippen LogP contribution in [0.3, 0.4) is 0 Å². The predicted octanol–water partition coefficient (Wildman–Crippen LogP) is 4.42. The first-order valence-electron chi connectivity index (χ1n) is 9.47. The van der Waals surface area contributed by atoms with Crippen molar-refractivity contribution in [2.24, 2.45) is 28.6 Å². The molecule has 2 bridgehead atoms. The van der Waals surface area contributed by atoms with Crippen LogP contribution in [0.15, 0.2) is 0 Å². The third kappa shape index (κ3) is 3.24. The summed E-state index contributed by atoms with van der Waals surface area (Å²) in [5.74, 6) is 0.721. The second kappa shape index (κ2) is 7.33. The zero-order valence-electron chi connectivity index (χ0n) is 16.6. The molecule has 0 amide bonds. The normalized spacial score (nSPS) is 33.7. The topological polar surface area (TPSA) is 44.8 Å². The average molecular weight is 341 g/mol. The summed E-state index contributed by atoms with van der Waals surface area (Å²) < 4.78 is 16.7. The number of hydrogen-bond donors (Lipinski definition) is 0. The van der Waals surface area contributed by atoms with E-state index in [0.29, 0.717) is 5.92 Å². The summed E-state index contributed by atoms with van der Waals surface area (Å²) in [6, 6.07) is 0. The van der Waals surface area contributed by atoms with Crippen molar-refractivity contribution in [2.75, 3.05) is 14.2 Å². The maximum Gasteiger partial charge on any atom is 0.309 e. The van der Waals surface area contributed by atoms with Crippen molar-refractivity contribution < 1.29 is 19.0 Å². The quantitative estimate of drug-likeness (QED) is 0.485. The van der Waals surface area contributed by atoms with E-state index in [-0.39, 0.29) is 41.0 Å². The van der Waals surface area contributed by atoms with Gasteiger partial charge in [0.15, 0.2) is 6.29 Å². The number of fused-ring (bicyclic) bond motifs is 2. The van der Waals surface area contributed by atoms with Crippen molar-refractivity contribution in [3.05, 3.63) is 0 Å². The first-order chi connectivity index (χ1) is 11.2. The fourth-order valence-electron chi connectivity index (χ4n) is 5.10. The van der Waals surface area contributed by atoms with E-state index >= 15 is 0 Å². The van der Waals surface area contributed by atoms with Crippen LogP contribution in [-0.2, 0) is 19.0 Å². The van der Waals surface area contributed by atoms with E-state index in [4.69, 9.17) is 14.2 Å². The van der Waals surface area contributed by atoms with Gasteiger partial charge in [-0.2, -0.15) is 0 Å². The Labute approximate surface area is 147 Å². The van der Waals surface area contributed by atoms with Gasteiger partial charge in [-0.05, 0) is 43.4 Å². The fraction of sp³-hybridized carbons (Fsp3) is 0.950. The Morgan fingerprint density at radius 3 is 2.25 bits per heavy atom. The maximum atomic E-state index is 12.8. The van der Waals surface area contributed by atoms with Gasteiger partial charge in [-0.1, -0.05) is 34.6 Å². The molecule has 2 fully saturated rings. The van der Waals surface area contributed by atoms with Crippen LogP contribution in [0.5, 0.6) is 0 Å². The first kappa shape index (κ1) is 19.7. The maximum absolute atomic E-state index is 12.8. The zero-order chi connectivity index (χ0) is 18.1. The van der Waals surface area contributed by atoms with E-state index in [9.17, 15) is 4.79 Å². The van der Waals surface area contributed by atoms with Crippen LogP contribution in [0.1, 0.15) is 66.7 Å². The molecule has 5 atom stereocenters. The predicted molar refractivity (Wildman–Crippen MR) is 94.5 cm³/mol. The fourth-order valence-corrected chi connectivity index (χ4v) is 5.10. The molecular formula is C20H36O4. The minimum absolute atomic E-state index is 0.0371. The molecule has 0 heterocycles. The summed E-state index contributed by atoms with van der Waals surface area (Å²) in [4.78, 5) is 12.8. The smallest absolute Gasteiger partial charge is 0.309 e. The van der Waals surface area contributed by atoms with E-state index in [0.717, 1.165) is 19.3 Å². The molecule has 140 valence electrons. The summed E-state index contributed by atoms with van der Waals surface area (Å²) in [5, 5.41) is 0. The Hall–Kier alpha value is -0.610. The molecule has 0 radical (unpaired) electrons. The van der Waals surface area contributed by atoms with E-state index < -0.39 is 0 Å². The van der Waals surface area contributed by atoms with Crippen LogP contribution in [0, 0.1) is 28.6 Å². The highest BCUT2D eigenvalue weighted by Gasteiger charge is 2.63. The van der Waals surface area contributed by atoms with Gasteiger partial charge in [0.2, 0.25) is 0 Å². The Kier molecular flexibility index (Phi) is 6.02. The highest BCUT2D eigenvalue weighted by molar-refractivity contribution is 5.72. The number of ether oxygens (including phenoxy) is 3. The molecule has 0 aromatic carbocycles. The van der Waals surface area contributed by atoms with Gasteiger partial charge in [0.25, 0.3) is 0 Å². The Balaban J connectivity index is 1.98. The molecule has 5 unspecified atom stereocenters. The SMILES string of the molecule is CCC(CC(C)C(OC)OC)C(=O)OC1CC2CCC1(C)C2(C)C. The number of carbonyl (C=O) groups is 1. The van der Waals surface area contributed by atoms with Crippen molar-refractivity contribution in [1.82, 2.24) is 0 Å². The first-order valence-corrected chi connectivity index (χ1v) is 9.47. The largest absolute Gasteiger partial charge is 0.462 e. The molecule has 0 saturated heterocycles. The lowest BCUT2D eigenvalue weighted by Crippen LogP contribution is -2.39. The number of esters is 1. The second-order valence-corrected chi connectivity index (χ2v) is 8.69. The van der Waals surface area contributed by atoms with E-state index in [2.05, 4.69) is 34.6 Å². The van der Waals surface area contributed by atoms with Gasteiger partial charge in [0.05, 0.1) is 5.92 Å². The van der Waals surface area contributed by atoms with E-state index in [1.54, 1.807) is 14.2 Å². The van der Waals surface area contributed by atoms with Crippen molar-refractivity contribution >= 4 is 5.97 Å². The molecule has 0 N–H and O–H groups in total. The third-order valence-electron chi connectivity index (χ3n) is 7.38. The summed E-state index contributed by atoms with van der Waals surface area (Å²) in [6.07, 6.45) is 4.80. The standard InChI is InChI=1S/C20H36O4/c1-8-14(11-13(2)18(22-6)23-7)17(21)24-16-12-15-9-10-20(16,5)19(15,3)4/h13-16,18H,8-12H2,1-7H3. The Morgan fingerprint density at radius 1 is 1.21 bits per heavy atom. The van der Waals surface area contributed by atoms with Gasteiger partial charge in [-0.25, -0.2) is 0 Å². The van der Waals surface area contributed by atoms with Crippen LogP contribution in [0.2, 0.25) is 0 Å². The Morgan fingerprint density at radius 2 is 1.83 bits per heavy atom. The van der Waals surface area contributed by atoms with Crippen LogP contribution in [-0.4, -0.2) is 32.6 Å². The molecule has 0 aromatic heterocycles. The molecule has 2 saturated carbocycles. The number of hydrogen-bond acceptors (Lipinski definition) is 4.